The van der Waals surface area contributed by atoms with Crippen molar-refractivity contribution in [3.05, 3.63) is 29.8 Å². The molecule has 0 unspecified atom stereocenters. The van der Waals surface area contributed by atoms with Crippen molar-refractivity contribution in [2.75, 3.05) is 12.0 Å². The molecule has 0 heterocycles. The van der Waals surface area contributed by atoms with Gasteiger partial charge in [-0.3, -0.25) is 5.43 Å². The first kappa shape index (κ1) is 15.8. The quantitative estimate of drug-likeness (QED) is 0.655. The predicted octanol–water partition coefficient (Wildman–Crippen LogP) is 2.71. The van der Waals surface area contributed by atoms with E-state index in [9.17, 15) is 9.59 Å². The number of esters is 1. The van der Waals surface area contributed by atoms with E-state index >= 15 is 0 Å². The van der Waals surface area contributed by atoms with Gasteiger partial charge in [0.15, 0.2) is 0 Å². The molecule has 110 valence electrons. The molecule has 0 saturated heterocycles. The molecule has 1 amide bonds. The Bertz CT molecular complexity index is 463. The van der Waals surface area contributed by atoms with E-state index in [-0.39, 0.29) is 5.97 Å². The van der Waals surface area contributed by atoms with Crippen molar-refractivity contribution in [2.24, 2.45) is 0 Å². The lowest BCUT2D eigenvalue weighted by molar-refractivity contribution is 0.0520. The largest absolute Gasteiger partial charge is 0.462 e. The van der Waals surface area contributed by atoms with Crippen molar-refractivity contribution in [2.45, 2.75) is 33.3 Å². The van der Waals surface area contributed by atoms with Crippen molar-refractivity contribution in [3.8, 4) is 0 Å². The van der Waals surface area contributed by atoms with E-state index in [4.69, 9.17) is 9.47 Å². The van der Waals surface area contributed by atoms with Crippen LogP contribution in [0.5, 0.6) is 0 Å². The average molecular weight is 280 g/mol. The first-order valence-electron chi connectivity index (χ1n) is 6.34. The summed E-state index contributed by atoms with van der Waals surface area (Å²) in [6.45, 7) is 7.42. The highest BCUT2D eigenvalue weighted by atomic mass is 16.6. The molecular formula is C14H20N2O4. The molecule has 0 saturated carbocycles. The summed E-state index contributed by atoms with van der Waals surface area (Å²) in [5.41, 5.74) is 5.62. The maximum atomic E-state index is 11.4. The van der Waals surface area contributed by atoms with Crippen LogP contribution in [0.1, 0.15) is 38.1 Å². The molecule has 0 aliphatic heterocycles. The Hall–Kier alpha value is -2.24. The molecule has 0 aromatic heterocycles. The Balaban J connectivity index is 2.50. The zero-order valence-corrected chi connectivity index (χ0v) is 12.1. The number of hydrogen-bond donors (Lipinski definition) is 2. The van der Waals surface area contributed by atoms with Crippen LogP contribution in [0.2, 0.25) is 0 Å². The number of benzene rings is 1. The van der Waals surface area contributed by atoms with Crippen LogP contribution in [0.4, 0.5) is 10.5 Å². The van der Waals surface area contributed by atoms with Gasteiger partial charge in [-0.2, -0.15) is 0 Å². The molecule has 0 bridgehead atoms. The van der Waals surface area contributed by atoms with Gasteiger partial charge in [0.25, 0.3) is 0 Å². The normalized spacial score (nSPS) is 10.6. The molecule has 1 aromatic carbocycles. The van der Waals surface area contributed by atoms with E-state index in [0.29, 0.717) is 17.9 Å². The Morgan fingerprint density at radius 3 is 2.25 bits per heavy atom. The van der Waals surface area contributed by atoms with Crippen LogP contribution < -0.4 is 10.9 Å². The Kier molecular flexibility index (Phi) is 5.37. The number of hydrazine groups is 1. The number of anilines is 1. The zero-order chi connectivity index (χ0) is 15.2. The van der Waals surface area contributed by atoms with Gasteiger partial charge in [0.2, 0.25) is 0 Å². The Morgan fingerprint density at radius 2 is 1.75 bits per heavy atom. The van der Waals surface area contributed by atoms with Crippen LogP contribution in [-0.2, 0) is 9.47 Å². The Morgan fingerprint density at radius 1 is 1.15 bits per heavy atom. The molecular weight excluding hydrogens is 260 g/mol. The molecule has 0 radical (unpaired) electrons. The predicted molar refractivity (Wildman–Crippen MR) is 75.4 cm³/mol. The summed E-state index contributed by atoms with van der Waals surface area (Å²) in [6.07, 6.45) is -0.577. The molecule has 0 atom stereocenters. The fourth-order valence-corrected chi connectivity index (χ4v) is 1.33. The molecule has 0 fully saturated rings. The molecule has 0 spiro atoms. The van der Waals surface area contributed by atoms with E-state index < -0.39 is 11.7 Å². The van der Waals surface area contributed by atoms with Crippen LogP contribution >= 0.6 is 0 Å². The molecule has 20 heavy (non-hydrogen) atoms. The first-order valence-corrected chi connectivity index (χ1v) is 6.34. The second-order valence-corrected chi connectivity index (χ2v) is 5.05. The fourth-order valence-electron chi connectivity index (χ4n) is 1.33. The number of ether oxygens (including phenoxy) is 2. The van der Waals surface area contributed by atoms with Gasteiger partial charge >= 0.3 is 12.1 Å². The Labute approximate surface area is 118 Å². The molecule has 2 N–H and O–H groups in total. The summed E-state index contributed by atoms with van der Waals surface area (Å²) in [7, 11) is 0. The van der Waals surface area contributed by atoms with E-state index in [1.807, 2.05) is 0 Å². The molecule has 6 heteroatoms. The highest BCUT2D eigenvalue weighted by Crippen LogP contribution is 2.10. The SMILES string of the molecule is CCOC(=O)c1ccc(NNC(=O)OC(C)(C)C)cc1. The van der Waals surface area contributed by atoms with Gasteiger partial charge in [0.05, 0.1) is 17.9 Å². The van der Waals surface area contributed by atoms with Crippen LogP contribution in [-0.4, -0.2) is 24.3 Å². The highest BCUT2D eigenvalue weighted by Gasteiger charge is 2.15. The van der Waals surface area contributed by atoms with Crippen molar-refractivity contribution in [1.82, 2.24) is 5.43 Å². The van der Waals surface area contributed by atoms with Gasteiger partial charge in [-0.1, -0.05) is 0 Å². The second kappa shape index (κ2) is 6.79. The number of carbonyl (C=O) groups is 2. The van der Waals surface area contributed by atoms with Gasteiger partial charge in [-0.05, 0) is 52.0 Å². The van der Waals surface area contributed by atoms with Crippen LogP contribution in [0.25, 0.3) is 0 Å². The average Bonchev–Trinajstić information content (AvgIpc) is 2.35. The summed E-state index contributed by atoms with van der Waals surface area (Å²) < 4.78 is 9.94. The van der Waals surface area contributed by atoms with Gasteiger partial charge < -0.3 is 9.47 Å². The van der Waals surface area contributed by atoms with E-state index in [1.54, 1.807) is 52.0 Å². The fraction of sp³-hybridized carbons (Fsp3) is 0.429. The summed E-state index contributed by atoms with van der Waals surface area (Å²) in [6, 6.07) is 6.53. The molecule has 6 nitrogen and oxygen atoms in total. The highest BCUT2D eigenvalue weighted by molar-refractivity contribution is 5.89. The number of rotatable bonds is 4. The summed E-state index contributed by atoms with van der Waals surface area (Å²) in [4.78, 5) is 22.9. The standard InChI is InChI=1S/C14H20N2O4/c1-5-19-12(17)10-6-8-11(9-7-10)15-16-13(18)20-14(2,3)4/h6-9,15H,5H2,1-4H3,(H,16,18). The third-order valence-electron chi connectivity index (χ3n) is 2.10. The molecule has 1 aromatic rings. The topological polar surface area (TPSA) is 76.7 Å². The van der Waals surface area contributed by atoms with Crippen molar-refractivity contribution >= 4 is 17.7 Å². The van der Waals surface area contributed by atoms with Crippen molar-refractivity contribution < 1.29 is 19.1 Å². The minimum absolute atomic E-state index is 0.332. The van der Waals surface area contributed by atoms with Crippen LogP contribution in [0, 0.1) is 0 Å². The first-order chi connectivity index (χ1) is 9.31. The van der Waals surface area contributed by atoms with Gasteiger partial charge in [0.1, 0.15) is 5.60 Å². The lowest BCUT2D eigenvalue weighted by Gasteiger charge is -2.20. The van der Waals surface area contributed by atoms with E-state index in [2.05, 4.69) is 10.9 Å². The lowest BCUT2D eigenvalue weighted by Crippen LogP contribution is -2.35. The summed E-state index contributed by atoms with van der Waals surface area (Å²) in [5.74, 6) is -0.376. The third kappa shape index (κ3) is 5.60. The molecule has 1 rings (SSSR count). The number of amides is 1. The maximum absolute atomic E-state index is 11.4. The van der Waals surface area contributed by atoms with Crippen molar-refractivity contribution in [3.63, 3.8) is 0 Å². The third-order valence-corrected chi connectivity index (χ3v) is 2.10. The van der Waals surface area contributed by atoms with Gasteiger partial charge in [-0.15, -0.1) is 0 Å². The van der Waals surface area contributed by atoms with Crippen LogP contribution in [0.3, 0.4) is 0 Å². The smallest absolute Gasteiger partial charge is 0.426 e. The van der Waals surface area contributed by atoms with Gasteiger partial charge in [0, 0.05) is 0 Å². The number of carbonyl (C=O) groups excluding carboxylic acids is 2. The summed E-state index contributed by atoms with van der Waals surface area (Å²) >= 11 is 0. The molecule has 0 aliphatic carbocycles. The molecule has 0 aliphatic rings. The monoisotopic (exact) mass is 280 g/mol. The van der Waals surface area contributed by atoms with E-state index in [1.165, 1.54) is 0 Å². The van der Waals surface area contributed by atoms with E-state index in [0.717, 1.165) is 0 Å². The summed E-state index contributed by atoms with van der Waals surface area (Å²) in [5, 5.41) is 0. The second-order valence-electron chi connectivity index (χ2n) is 5.05. The number of nitrogens with one attached hydrogen (secondary N) is 2. The minimum Gasteiger partial charge on any atom is -0.462 e. The maximum Gasteiger partial charge on any atom is 0.426 e. The minimum atomic E-state index is -0.577. The van der Waals surface area contributed by atoms with Gasteiger partial charge in [-0.25, -0.2) is 15.0 Å². The van der Waals surface area contributed by atoms with Crippen molar-refractivity contribution in [1.29, 1.82) is 0 Å². The lowest BCUT2D eigenvalue weighted by atomic mass is 10.2. The van der Waals surface area contributed by atoms with Crippen LogP contribution in [0.15, 0.2) is 24.3 Å². The number of hydrogen-bond acceptors (Lipinski definition) is 5. The zero-order valence-electron chi connectivity index (χ0n) is 12.1.